The van der Waals surface area contributed by atoms with E-state index in [1.54, 1.807) is 0 Å². The lowest BCUT2D eigenvalue weighted by Gasteiger charge is -2.36. The van der Waals surface area contributed by atoms with Crippen molar-refractivity contribution < 1.29 is 0 Å². The summed E-state index contributed by atoms with van der Waals surface area (Å²) in [6.07, 6.45) is 4.64. The molecular weight excluding hydrogens is 270 g/mol. The summed E-state index contributed by atoms with van der Waals surface area (Å²) in [5.41, 5.74) is 9.66. The minimum absolute atomic E-state index is 0.534. The molecule has 0 unspecified atom stereocenters. The molecule has 1 aromatic heterocycles. The van der Waals surface area contributed by atoms with Gasteiger partial charge in [-0.1, -0.05) is 37.6 Å². The summed E-state index contributed by atoms with van der Waals surface area (Å²) in [6, 6.07) is 8.26. The smallest absolute Gasteiger partial charge is 0.107 e. The monoisotopic (exact) mass is 297 g/mol. The molecule has 3 heteroatoms. The van der Waals surface area contributed by atoms with Crippen molar-refractivity contribution in [3.63, 3.8) is 0 Å². The molecule has 0 radical (unpaired) electrons. The highest BCUT2D eigenvalue weighted by Gasteiger charge is 2.31. The summed E-state index contributed by atoms with van der Waals surface area (Å²) in [7, 11) is 0. The molecule has 3 N–H and O–H groups in total. The van der Waals surface area contributed by atoms with Gasteiger partial charge in [-0.3, -0.25) is 0 Å². The van der Waals surface area contributed by atoms with E-state index in [0.29, 0.717) is 23.7 Å². The Morgan fingerprint density at radius 1 is 1.32 bits per heavy atom. The number of aromatic amines is 1. The fourth-order valence-corrected chi connectivity index (χ4v) is 3.88. The molecule has 1 aliphatic carbocycles. The molecule has 118 valence electrons. The molecule has 0 saturated carbocycles. The van der Waals surface area contributed by atoms with Crippen molar-refractivity contribution in [3.05, 3.63) is 41.7 Å². The van der Waals surface area contributed by atoms with Gasteiger partial charge in [-0.05, 0) is 55.7 Å². The number of nitrogens with zero attached hydrogens (tertiary/aromatic N) is 1. The number of allylic oxidation sites excluding steroid dienone is 1. The molecule has 0 amide bonds. The average molecular weight is 297 g/mol. The van der Waals surface area contributed by atoms with Gasteiger partial charge in [-0.2, -0.15) is 0 Å². The maximum atomic E-state index is 5.98. The van der Waals surface area contributed by atoms with Gasteiger partial charge < -0.3 is 10.7 Å². The molecule has 0 bridgehead atoms. The molecule has 0 aliphatic heterocycles. The highest BCUT2D eigenvalue weighted by Crippen LogP contribution is 2.38. The van der Waals surface area contributed by atoms with Crippen molar-refractivity contribution in [1.82, 2.24) is 9.97 Å². The zero-order valence-electron chi connectivity index (χ0n) is 13.8. The number of hydrogen-bond donors (Lipinski definition) is 2. The molecule has 1 aliphatic rings. The summed E-state index contributed by atoms with van der Waals surface area (Å²) < 4.78 is 0. The number of imidazole rings is 1. The summed E-state index contributed by atoms with van der Waals surface area (Å²) >= 11 is 0. The summed E-state index contributed by atoms with van der Waals surface area (Å²) in [5.74, 6) is 3.58. The van der Waals surface area contributed by atoms with Crippen LogP contribution < -0.4 is 5.73 Å². The second kappa shape index (κ2) is 6.25. The van der Waals surface area contributed by atoms with Crippen LogP contribution in [0, 0.1) is 23.7 Å². The van der Waals surface area contributed by atoms with Crippen LogP contribution in [0.15, 0.2) is 35.9 Å². The fraction of sp³-hybridized carbons (Fsp3) is 0.526. The normalized spacial score (nSPS) is 25.7. The Morgan fingerprint density at radius 2 is 2.09 bits per heavy atom. The van der Waals surface area contributed by atoms with Crippen molar-refractivity contribution in [3.8, 4) is 0 Å². The first-order valence-corrected chi connectivity index (χ1v) is 8.40. The molecule has 2 aromatic rings. The SMILES string of the molecule is CC1=C[C@@H](CN)[C@H](C(C)C)C[C@H]1Cc1nc2ccccc2[nH]1. The second-order valence-electron chi connectivity index (χ2n) is 7.06. The number of nitrogens with one attached hydrogen (secondary N) is 1. The first-order valence-electron chi connectivity index (χ1n) is 8.40. The minimum atomic E-state index is 0.534. The van der Waals surface area contributed by atoms with E-state index < -0.39 is 0 Å². The van der Waals surface area contributed by atoms with Crippen LogP contribution in [0.1, 0.15) is 33.0 Å². The number of benzene rings is 1. The van der Waals surface area contributed by atoms with Gasteiger partial charge >= 0.3 is 0 Å². The topological polar surface area (TPSA) is 54.7 Å². The molecular formula is C19H27N3. The van der Waals surface area contributed by atoms with E-state index in [4.69, 9.17) is 10.7 Å². The number of hydrogen-bond acceptors (Lipinski definition) is 2. The highest BCUT2D eigenvalue weighted by atomic mass is 14.9. The Hall–Kier alpha value is -1.61. The van der Waals surface area contributed by atoms with Gasteiger partial charge in [0.05, 0.1) is 11.0 Å². The lowest BCUT2D eigenvalue weighted by Crippen LogP contribution is -2.32. The van der Waals surface area contributed by atoms with Gasteiger partial charge in [0.25, 0.3) is 0 Å². The van der Waals surface area contributed by atoms with E-state index >= 15 is 0 Å². The predicted octanol–water partition coefficient (Wildman–Crippen LogP) is 3.92. The van der Waals surface area contributed by atoms with Crippen LogP contribution in [0.25, 0.3) is 11.0 Å². The maximum absolute atomic E-state index is 5.98. The van der Waals surface area contributed by atoms with Gasteiger partial charge in [0, 0.05) is 6.42 Å². The van der Waals surface area contributed by atoms with E-state index in [1.165, 1.54) is 12.0 Å². The van der Waals surface area contributed by atoms with E-state index in [0.717, 1.165) is 29.8 Å². The Bertz CT molecular complexity index is 635. The van der Waals surface area contributed by atoms with Crippen molar-refractivity contribution in [1.29, 1.82) is 0 Å². The van der Waals surface area contributed by atoms with E-state index in [2.05, 4.69) is 50.0 Å². The molecule has 1 aromatic carbocycles. The summed E-state index contributed by atoms with van der Waals surface area (Å²) in [5, 5.41) is 0. The van der Waals surface area contributed by atoms with Crippen molar-refractivity contribution >= 4 is 11.0 Å². The number of rotatable bonds is 4. The van der Waals surface area contributed by atoms with Crippen LogP contribution in [0.3, 0.4) is 0 Å². The van der Waals surface area contributed by atoms with Crippen LogP contribution in [-0.2, 0) is 6.42 Å². The van der Waals surface area contributed by atoms with Gasteiger partial charge in [-0.25, -0.2) is 4.98 Å². The molecule has 3 nitrogen and oxygen atoms in total. The maximum Gasteiger partial charge on any atom is 0.107 e. The average Bonchev–Trinajstić information content (AvgIpc) is 2.90. The fourth-order valence-electron chi connectivity index (χ4n) is 3.88. The third kappa shape index (κ3) is 2.95. The molecule has 1 heterocycles. The number of H-pyrrole nitrogens is 1. The zero-order valence-corrected chi connectivity index (χ0v) is 13.8. The molecule has 3 atom stereocenters. The predicted molar refractivity (Wildman–Crippen MR) is 92.5 cm³/mol. The Kier molecular flexibility index (Phi) is 4.34. The van der Waals surface area contributed by atoms with Crippen molar-refractivity contribution in [2.75, 3.05) is 6.54 Å². The first kappa shape index (κ1) is 15.3. The van der Waals surface area contributed by atoms with E-state index in [1.807, 2.05) is 6.07 Å². The Morgan fingerprint density at radius 3 is 2.77 bits per heavy atom. The lowest BCUT2D eigenvalue weighted by atomic mass is 9.70. The molecule has 3 rings (SSSR count). The molecule has 0 spiro atoms. The van der Waals surface area contributed by atoms with Gasteiger partial charge in [-0.15, -0.1) is 0 Å². The zero-order chi connectivity index (χ0) is 15.7. The summed E-state index contributed by atoms with van der Waals surface area (Å²) in [6.45, 7) is 7.66. The number of nitrogens with two attached hydrogens (primary N) is 1. The number of fused-ring (bicyclic) bond motifs is 1. The van der Waals surface area contributed by atoms with Gasteiger partial charge in [0.1, 0.15) is 5.82 Å². The summed E-state index contributed by atoms with van der Waals surface area (Å²) in [4.78, 5) is 8.21. The number of para-hydroxylation sites is 2. The highest BCUT2D eigenvalue weighted by molar-refractivity contribution is 5.74. The Balaban J connectivity index is 1.81. The van der Waals surface area contributed by atoms with Crippen LogP contribution in [-0.4, -0.2) is 16.5 Å². The minimum Gasteiger partial charge on any atom is -0.342 e. The number of aromatic nitrogens is 2. The largest absolute Gasteiger partial charge is 0.342 e. The van der Waals surface area contributed by atoms with Crippen LogP contribution >= 0.6 is 0 Å². The molecule has 0 saturated heterocycles. The van der Waals surface area contributed by atoms with E-state index in [-0.39, 0.29) is 0 Å². The quantitative estimate of drug-likeness (QED) is 0.840. The van der Waals surface area contributed by atoms with Crippen LogP contribution in [0.5, 0.6) is 0 Å². The van der Waals surface area contributed by atoms with Crippen molar-refractivity contribution in [2.24, 2.45) is 29.4 Å². The van der Waals surface area contributed by atoms with Gasteiger partial charge in [0.2, 0.25) is 0 Å². The van der Waals surface area contributed by atoms with Crippen LogP contribution in [0.2, 0.25) is 0 Å². The second-order valence-corrected chi connectivity index (χ2v) is 7.06. The van der Waals surface area contributed by atoms with Crippen molar-refractivity contribution in [2.45, 2.75) is 33.6 Å². The lowest BCUT2D eigenvalue weighted by molar-refractivity contribution is 0.230. The molecule has 22 heavy (non-hydrogen) atoms. The van der Waals surface area contributed by atoms with Crippen LogP contribution in [0.4, 0.5) is 0 Å². The third-order valence-corrected chi connectivity index (χ3v) is 5.23. The first-order chi connectivity index (χ1) is 10.6. The van der Waals surface area contributed by atoms with Gasteiger partial charge in [0.15, 0.2) is 0 Å². The molecule has 0 fully saturated rings. The standard InChI is InChI=1S/C19H27N3/c1-12(2)16-9-14(13(3)8-15(16)11-20)10-19-21-17-6-4-5-7-18(17)22-19/h4-8,12,14-16H,9-11,20H2,1-3H3,(H,21,22)/t14-,15-,16-/m0/s1. The van der Waals surface area contributed by atoms with E-state index in [9.17, 15) is 0 Å². The Labute approximate surface area is 133 Å². The third-order valence-electron chi connectivity index (χ3n) is 5.23.